The number of rotatable bonds is 5. The minimum absolute atomic E-state index is 0.00327. The molecule has 0 spiro atoms. The van der Waals surface area contributed by atoms with E-state index in [2.05, 4.69) is 19.2 Å². The topological polar surface area (TPSA) is 58.6 Å². The summed E-state index contributed by atoms with van der Waals surface area (Å²) in [5.41, 5.74) is 0.862. The van der Waals surface area contributed by atoms with Gasteiger partial charge in [-0.05, 0) is 43.4 Å². The largest absolute Gasteiger partial charge is 0.481 e. The van der Waals surface area contributed by atoms with Crippen LogP contribution in [-0.2, 0) is 9.59 Å². The maximum Gasteiger partial charge on any atom is 0.263 e. The van der Waals surface area contributed by atoms with Gasteiger partial charge < -0.3 is 15.0 Å². The Balaban J connectivity index is 1.83. The molecule has 1 unspecified atom stereocenters. The molecule has 1 aliphatic heterocycles. The molecular weight excluding hydrogens is 340 g/mol. The SMILES string of the molecule is CC(Oc1ccc(C(C)C)cc1)C(=O)N1CCC(NC(=O)C(C)(C)C)CC1. The highest BCUT2D eigenvalue weighted by Gasteiger charge is 2.30. The van der Waals surface area contributed by atoms with E-state index in [1.165, 1.54) is 5.56 Å². The monoisotopic (exact) mass is 374 g/mol. The molecule has 0 bridgehead atoms. The highest BCUT2D eigenvalue weighted by Crippen LogP contribution is 2.21. The minimum atomic E-state index is -0.518. The average Bonchev–Trinajstić information content (AvgIpc) is 2.61. The molecule has 2 amide bonds. The Hall–Kier alpha value is -2.04. The van der Waals surface area contributed by atoms with Gasteiger partial charge in [0.05, 0.1) is 0 Å². The minimum Gasteiger partial charge on any atom is -0.481 e. The number of nitrogens with zero attached hydrogens (tertiary/aromatic N) is 1. The van der Waals surface area contributed by atoms with Crippen LogP contribution in [0.2, 0.25) is 0 Å². The molecule has 0 aliphatic carbocycles. The molecule has 0 radical (unpaired) electrons. The first-order valence-electron chi connectivity index (χ1n) is 9.94. The van der Waals surface area contributed by atoms with Gasteiger partial charge in [0.1, 0.15) is 5.75 Å². The second-order valence-electron chi connectivity index (χ2n) is 8.81. The number of carbonyl (C=O) groups is 2. The van der Waals surface area contributed by atoms with E-state index < -0.39 is 6.10 Å². The first-order chi connectivity index (χ1) is 12.6. The van der Waals surface area contributed by atoms with Crippen LogP contribution in [0.3, 0.4) is 0 Å². The lowest BCUT2D eigenvalue weighted by atomic mass is 9.94. The summed E-state index contributed by atoms with van der Waals surface area (Å²) in [4.78, 5) is 26.6. The molecule has 1 aliphatic rings. The van der Waals surface area contributed by atoms with Crippen LogP contribution in [0.25, 0.3) is 0 Å². The molecule has 2 rings (SSSR count). The van der Waals surface area contributed by atoms with Crippen LogP contribution in [0.1, 0.15) is 65.9 Å². The predicted octanol–water partition coefficient (Wildman–Crippen LogP) is 3.73. The molecular formula is C22H34N2O3. The van der Waals surface area contributed by atoms with Gasteiger partial charge in [-0.15, -0.1) is 0 Å². The van der Waals surface area contributed by atoms with Crippen molar-refractivity contribution in [1.29, 1.82) is 0 Å². The summed E-state index contributed by atoms with van der Waals surface area (Å²) in [5, 5.41) is 3.09. The van der Waals surface area contributed by atoms with Gasteiger partial charge in [-0.25, -0.2) is 0 Å². The van der Waals surface area contributed by atoms with Gasteiger partial charge in [0.25, 0.3) is 5.91 Å². The van der Waals surface area contributed by atoms with Crippen molar-refractivity contribution in [3.8, 4) is 5.75 Å². The fraction of sp³-hybridized carbons (Fsp3) is 0.636. The summed E-state index contributed by atoms with van der Waals surface area (Å²) in [6, 6.07) is 8.07. The van der Waals surface area contributed by atoms with Crippen LogP contribution in [0, 0.1) is 5.41 Å². The summed E-state index contributed by atoms with van der Waals surface area (Å²) in [5.74, 6) is 1.25. The Bertz CT molecular complexity index is 639. The molecule has 1 heterocycles. The molecule has 0 aromatic heterocycles. The first-order valence-corrected chi connectivity index (χ1v) is 9.94. The molecule has 150 valence electrons. The van der Waals surface area contributed by atoms with Gasteiger partial charge in [-0.2, -0.15) is 0 Å². The zero-order chi connectivity index (χ0) is 20.2. The van der Waals surface area contributed by atoms with E-state index in [4.69, 9.17) is 4.74 Å². The lowest BCUT2D eigenvalue weighted by Crippen LogP contribution is -2.51. The molecule has 5 nitrogen and oxygen atoms in total. The van der Waals surface area contributed by atoms with Crippen LogP contribution >= 0.6 is 0 Å². The number of hydrogen-bond acceptors (Lipinski definition) is 3. The van der Waals surface area contributed by atoms with Gasteiger partial charge in [0.15, 0.2) is 6.10 Å². The smallest absolute Gasteiger partial charge is 0.263 e. The fourth-order valence-corrected chi connectivity index (χ4v) is 3.09. The third kappa shape index (κ3) is 5.98. The predicted molar refractivity (Wildman–Crippen MR) is 108 cm³/mol. The van der Waals surface area contributed by atoms with Crippen molar-refractivity contribution in [1.82, 2.24) is 10.2 Å². The third-order valence-electron chi connectivity index (χ3n) is 5.03. The van der Waals surface area contributed by atoms with Gasteiger partial charge in [0, 0.05) is 24.5 Å². The third-order valence-corrected chi connectivity index (χ3v) is 5.03. The van der Waals surface area contributed by atoms with Gasteiger partial charge in [0.2, 0.25) is 5.91 Å². The van der Waals surface area contributed by atoms with Gasteiger partial charge in [-0.1, -0.05) is 46.8 Å². The van der Waals surface area contributed by atoms with E-state index in [-0.39, 0.29) is 23.3 Å². The summed E-state index contributed by atoms with van der Waals surface area (Å²) >= 11 is 0. The Morgan fingerprint density at radius 1 is 1.07 bits per heavy atom. The van der Waals surface area contributed by atoms with Crippen molar-refractivity contribution in [2.45, 2.75) is 72.4 Å². The van der Waals surface area contributed by atoms with Crippen molar-refractivity contribution in [3.05, 3.63) is 29.8 Å². The van der Waals surface area contributed by atoms with Crippen molar-refractivity contribution in [2.75, 3.05) is 13.1 Å². The standard InChI is InChI=1S/C22H34N2O3/c1-15(2)17-7-9-19(10-8-17)27-16(3)20(25)24-13-11-18(12-14-24)23-21(26)22(4,5)6/h7-10,15-16,18H,11-14H2,1-6H3,(H,23,26). The summed E-state index contributed by atoms with van der Waals surface area (Å²) < 4.78 is 5.84. The molecule has 5 heteroatoms. The Morgan fingerprint density at radius 3 is 2.11 bits per heavy atom. The first kappa shape index (κ1) is 21.3. The number of amides is 2. The molecule has 1 aromatic carbocycles. The van der Waals surface area contributed by atoms with E-state index in [9.17, 15) is 9.59 Å². The average molecular weight is 375 g/mol. The van der Waals surface area contributed by atoms with Crippen molar-refractivity contribution in [3.63, 3.8) is 0 Å². The molecule has 1 N–H and O–H groups in total. The summed E-state index contributed by atoms with van der Waals surface area (Å²) in [7, 11) is 0. The number of likely N-dealkylation sites (tertiary alicyclic amines) is 1. The lowest BCUT2D eigenvalue weighted by Gasteiger charge is -2.35. The lowest BCUT2D eigenvalue weighted by molar-refractivity contribution is -0.139. The number of hydrogen-bond donors (Lipinski definition) is 1. The fourth-order valence-electron chi connectivity index (χ4n) is 3.09. The zero-order valence-corrected chi connectivity index (χ0v) is 17.5. The summed E-state index contributed by atoms with van der Waals surface area (Å²) in [6.07, 6.45) is 1.04. The highest BCUT2D eigenvalue weighted by atomic mass is 16.5. The van der Waals surface area contributed by atoms with E-state index in [1.807, 2.05) is 49.9 Å². The second-order valence-corrected chi connectivity index (χ2v) is 8.81. The van der Waals surface area contributed by atoms with Crippen LogP contribution in [0.5, 0.6) is 5.75 Å². The van der Waals surface area contributed by atoms with Crippen LogP contribution in [0.15, 0.2) is 24.3 Å². The van der Waals surface area contributed by atoms with Crippen LogP contribution < -0.4 is 10.1 Å². The molecule has 1 saturated heterocycles. The van der Waals surface area contributed by atoms with Gasteiger partial charge in [-0.3, -0.25) is 9.59 Å². The van der Waals surface area contributed by atoms with Crippen molar-refractivity contribution in [2.24, 2.45) is 5.41 Å². The quantitative estimate of drug-likeness (QED) is 0.854. The highest BCUT2D eigenvalue weighted by molar-refractivity contribution is 5.82. The Labute approximate surface area is 163 Å². The van der Waals surface area contributed by atoms with Crippen LogP contribution in [-0.4, -0.2) is 41.9 Å². The van der Waals surface area contributed by atoms with Crippen molar-refractivity contribution >= 4 is 11.8 Å². The van der Waals surface area contributed by atoms with Crippen LogP contribution in [0.4, 0.5) is 0 Å². The normalized spacial score (nSPS) is 16.9. The van der Waals surface area contributed by atoms with E-state index in [0.29, 0.717) is 24.8 Å². The second kappa shape index (κ2) is 8.77. The van der Waals surface area contributed by atoms with E-state index >= 15 is 0 Å². The van der Waals surface area contributed by atoms with E-state index in [0.717, 1.165) is 12.8 Å². The maximum absolute atomic E-state index is 12.7. The van der Waals surface area contributed by atoms with Crippen molar-refractivity contribution < 1.29 is 14.3 Å². The Morgan fingerprint density at radius 2 is 1.63 bits per heavy atom. The van der Waals surface area contributed by atoms with Gasteiger partial charge >= 0.3 is 0 Å². The number of nitrogens with one attached hydrogen (secondary N) is 1. The number of ether oxygens (including phenoxy) is 1. The molecule has 1 aromatic rings. The number of benzene rings is 1. The molecule has 1 atom stereocenters. The molecule has 1 fully saturated rings. The maximum atomic E-state index is 12.7. The molecule has 27 heavy (non-hydrogen) atoms. The number of carbonyl (C=O) groups excluding carboxylic acids is 2. The zero-order valence-electron chi connectivity index (χ0n) is 17.5. The number of piperidine rings is 1. The Kier molecular flexibility index (Phi) is 6.90. The summed E-state index contributed by atoms with van der Waals surface area (Å²) in [6.45, 7) is 13.1. The molecule has 0 saturated carbocycles. The van der Waals surface area contributed by atoms with E-state index in [1.54, 1.807) is 6.92 Å².